The Kier molecular flexibility index (Phi) is 6.91. The first-order valence-corrected chi connectivity index (χ1v) is 8.43. The van der Waals surface area contributed by atoms with E-state index in [-0.39, 0.29) is 11.5 Å². The summed E-state index contributed by atoms with van der Waals surface area (Å²) in [6.07, 6.45) is 1.89. The Labute approximate surface area is 152 Å². The molecule has 0 saturated heterocycles. The summed E-state index contributed by atoms with van der Waals surface area (Å²) in [5, 5.41) is 5.50. The Morgan fingerprint density at radius 3 is 2.35 bits per heavy atom. The number of hydrogen-bond donors (Lipinski definition) is 2. The fraction of sp³-hybridized carbons (Fsp3) is 0.250. The smallest absolute Gasteiger partial charge is 0.339 e. The SMILES string of the molecule is CCCCNC(=O)c1cccc(C(=O)Nc2ccccc2C(=O)OC)c1. The van der Waals surface area contributed by atoms with Gasteiger partial charge in [-0.2, -0.15) is 0 Å². The van der Waals surface area contributed by atoms with Crippen LogP contribution in [0.5, 0.6) is 0 Å². The van der Waals surface area contributed by atoms with Crippen LogP contribution in [0.1, 0.15) is 50.8 Å². The molecule has 0 bridgehead atoms. The summed E-state index contributed by atoms with van der Waals surface area (Å²) < 4.78 is 4.72. The van der Waals surface area contributed by atoms with E-state index in [1.165, 1.54) is 13.2 Å². The van der Waals surface area contributed by atoms with Crippen LogP contribution < -0.4 is 10.6 Å². The Hall–Kier alpha value is -3.15. The van der Waals surface area contributed by atoms with E-state index in [1.807, 2.05) is 6.92 Å². The summed E-state index contributed by atoms with van der Waals surface area (Å²) in [7, 11) is 1.28. The van der Waals surface area contributed by atoms with Gasteiger partial charge in [-0.25, -0.2) is 4.79 Å². The fourth-order valence-corrected chi connectivity index (χ4v) is 2.36. The lowest BCUT2D eigenvalue weighted by Gasteiger charge is -2.10. The van der Waals surface area contributed by atoms with Crippen LogP contribution in [-0.2, 0) is 4.74 Å². The number of carbonyl (C=O) groups excluding carboxylic acids is 3. The van der Waals surface area contributed by atoms with Gasteiger partial charge in [-0.3, -0.25) is 9.59 Å². The molecule has 0 radical (unpaired) electrons. The number of amides is 2. The van der Waals surface area contributed by atoms with Gasteiger partial charge in [0.15, 0.2) is 0 Å². The first-order chi connectivity index (χ1) is 12.6. The Bertz CT molecular complexity index is 802. The lowest BCUT2D eigenvalue weighted by molar-refractivity contribution is 0.0601. The Balaban J connectivity index is 2.15. The van der Waals surface area contributed by atoms with E-state index in [2.05, 4.69) is 10.6 Å². The molecule has 2 aromatic rings. The van der Waals surface area contributed by atoms with E-state index in [4.69, 9.17) is 4.74 Å². The van der Waals surface area contributed by atoms with Crippen LogP contribution in [0.3, 0.4) is 0 Å². The van der Waals surface area contributed by atoms with Crippen LogP contribution in [0, 0.1) is 0 Å². The molecule has 2 rings (SSSR count). The van der Waals surface area contributed by atoms with Crippen molar-refractivity contribution in [2.75, 3.05) is 19.0 Å². The Morgan fingerprint density at radius 2 is 1.65 bits per heavy atom. The number of anilines is 1. The first kappa shape index (κ1) is 19.2. The number of benzene rings is 2. The molecule has 2 N–H and O–H groups in total. The van der Waals surface area contributed by atoms with Crippen LogP contribution in [0.15, 0.2) is 48.5 Å². The predicted octanol–water partition coefficient (Wildman–Crippen LogP) is 3.26. The summed E-state index contributed by atoms with van der Waals surface area (Å²) in [5.74, 6) is -1.17. The molecule has 136 valence electrons. The molecule has 0 saturated carbocycles. The zero-order valence-corrected chi connectivity index (χ0v) is 14.9. The molecule has 2 amide bonds. The number of methoxy groups -OCH3 is 1. The number of unbranched alkanes of at least 4 members (excludes halogenated alkanes) is 1. The van der Waals surface area contributed by atoms with Crippen molar-refractivity contribution >= 4 is 23.5 Å². The van der Waals surface area contributed by atoms with E-state index in [1.54, 1.807) is 42.5 Å². The molecule has 6 nitrogen and oxygen atoms in total. The van der Waals surface area contributed by atoms with Crippen molar-refractivity contribution in [1.29, 1.82) is 0 Å². The average molecular weight is 354 g/mol. The maximum absolute atomic E-state index is 12.5. The number of hydrogen-bond acceptors (Lipinski definition) is 4. The van der Waals surface area contributed by atoms with Gasteiger partial charge in [-0.15, -0.1) is 0 Å². The molecule has 0 heterocycles. The third kappa shape index (κ3) is 4.92. The van der Waals surface area contributed by atoms with Gasteiger partial charge in [0.05, 0.1) is 18.4 Å². The molecule has 0 unspecified atom stereocenters. The van der Waals surface area contributed by atoms with Gasteiger partial charge >= 0.3 is 5.97 Å². The molecule has 0 aliphatic rings. The lowest BCUT2D eigenvalue weighted by atomic mass is 10.1. The largest absolute Gasteiger partial charge is 0.465 e. The van der Waals surface area contributed by atoms with E-state index in [0.29, 0.717) is 23.4 Å². The van der Waals surface area contributed by atoms with Crippen molar-refractivity contribution in [1.82, 2.24) is 5.32 Å². The third-order valence-corrected chi connectivity index (χ3v) is 3.78. The molecular weight excluding hydrogens is 332 g/mol. The van der Waals surface area contributed by atoms with E-state index in [0.717, 1.165) is 12.8 Å². The predicted molar refractivity (Wildman–Crippen MR) is 99.4 cm³/mol. The molecule has 0 aliphatic heterocycles. The molecule has 0 atom stereocenters. The quantitative estimate of drug-likeness (QED) is 0.590. The molecule has 0 spiro atoms. The number of para-hydroxylation sites is 1. The van der Waals surface area contributed by atoms with Gasteiger partial charge in [0.1, 0.15) is 0 Å². The maximum Gasteiger partial charge on any atom is 0.339 e. The van der Waals surface area contributed by atoms with Crippen LogP contribution in [0.2, 0.25) is 0 Å². The number of nitrogens with one attached hydrogen (secondary N) is 2. The van der Waals surface area contributed by atoms with Gasteiger partial charge in [0.25, 0.3) is 11.8 Å². The zero-order chi connectivity index (χ0) is 18.9. The minimum absolute atomic E-state index is 0.219. The summed E-state index contributed by atoms with van der Waals surface area (Å²) in [5.41, 5.74) is 1.35. The topological polar surface area (TPSA) is 84.5 Å². The monoisotopic (exact) mass is 354 g/mol. The summed E-state index contributed by atoms with van der Waals surface area (Å²) >= 11 is 0. The highest BCUT2D eigenvalue weighted by molar-refractivity contribution is 6.09. The van der Waals surface area contributed by atoms with Crippen LogP contribution in [-0.4, -0.2) is 31.4 Å². The van der Waals surface area contributed by atoms with Crippen LogP contribution in [0.4, 0.5) is 5.69 Å². The van der Waals surface area contributed by atoms with Gasteiger partial charge < -0.3 is 15.4 Å². The molecular formula is C20H22N2O4. The highest BCUT2D eigenvalue weighted by atomic mass is 16.5. The molecule has 6 heteroatoms. The van der Waals surface area contributed by atoms with Crippen molar-refractivity contribution in [3.05, 3.63) is 65.2 Å². The summed E-state index contributed by atoms with van der Waals surface area (Å²) in [6, 6.07) is 13.0. The second kappa shape index (κ2) is 9.36. The van der Waals surface area contributed by atoms with Gasteiger partial charge in [0, 0.05) is 17.7 Å². The van der Waals surface area contributed by atoms with E-state index < -0.39 is 11.9 Å². The standard InChI is InChI=1S/C20H22N2O4/c1-3-4-12-21-18(23)14-8-7-9-15(13-14)19(24)22-17-11-6-5-10-16(17)20(25)26-2/h5-11,13H,3-4,12H2,1-2H3,(H,21,23)(H,22,24). The minimum Gasteiger partial charge on any atom is -0.465 e. The lowest BCUT2D eigenvalue weighted by Crippen LogP contribution is -2.24. The average Bonchev–Trinajstić information content (AvgIpc) is 2.68. The minimum atomic E-state index is -0.537. The second-order valence-corrected chi connectivity index (χ2v) is 5.68. The normalized spacial score (nSPS) is 10.1. The van der Waals surface area contributed by atoms with Gasteiger partial charge in [-0.05, 0) is 36.8 Å². The number of rotatable bonds is 7. The highest BCUT2D eigenvalue weighted by Crippen LogP contribution is 2.17. The number of carbonyl (C=O) groups is 3. The van der Waals surface area contributed by atoms with Crippen LogP contribution in [0.25, 0.3) is 0 Å². The molecule has 0 fully saturated rings. The second-order valence-electron chi connectivity index (χ2n) is 5.68. The van der Waals surface area contributed by atoms with Crippen molar-refractivity contribution in [2.45, 2.75) is 19.8 Å². The number of ether oxygens (including phenoxy) is 1. The molecule has 2 aromatic carbocycles. The zero-order valence-electron chi connectivity index (χ0n) is 14.9. The van der Waals surface area contributed by atoms with Gasteiger partial charge in [-0.1, -0.05) is 31.5 Å². The first-order valence-electron chi connectivity index (χ1n) is 8.43. The maximum atomic E-state index is 12.5. The fourth-order valence-electron chi connectivity index (χ4n) is 2.36. The van der Waals surface area contributed by atoms with Crippen molar-refractivity contribution < 1.29 is 19.1 Å². The Morgan fingerprint density at radius 1 is 0.962 bits per heavy atom. The molecule has 26 heavy (non-hydrogen) atoms. The molecule has 0 aromatic heterocycles. The van der Waals surface area contributed by atoms with Crippen molar-refractivity contribution in [2.24, 2.45) is 0 Å². The third-order valence-electron chi connectivity index (χ3n) is 3.78. The summed E-state index contributed by atoms with van der Waals surface area (Å²) in [6.45, 7) is 2.64. The van der Waals surface area contributed by atoms with Crippen molar-refractivity contribution in [3.63, 3.8) is 0 Å². The van der Waals surface area contributed by atoms with E-state index in [9.17, 15) is 14.4 Å². The molecule has 0 aliphatic carbocycles. The number of esters is 1. The summed E-state index contributed by atoms with van der Waals surface area (Å²) in [4.78, 5) is 36.4. The van der Waals surface area contributed by atoms with Gasteiger partial charge in [0.2, 0.25) is 0 Å². The highest BCUT2D eigenvalue weighted by Gasteiger charge is 2.15. The van der Waals surface area contributed by atoms with Crippen molar-refractivity contribution in [3.8, 4) is 0 Å². The van der Waals surface area contributed by atoms with E-state index >= 15 is 0 Å². The van der Waals surface area contributed by atoms with Crippen LogP contribution >= 0.6 is 0 Å².